The average molecular weight is 367 g/mol. The zero-order chi connectivity index (χ0) is 19.2. The van der Waals surface area contributed by atoms with Gasteiger partial charge in [-0.15, -0.1) is 0 Å². The maximum absolute atomic E-state index is 11.0. The number of fused-ring (bicyclic) bond motifs is 1. The number of carbonyl (C=O) groups excluding carboxylic acids is 1. The van der Waals surface area contributed by atoms with Crippen molar-refractivity contribution < 1.29 is 14.7 Å². The number of amides is 1. The Morgan fingerprint density at radius 3 is 2.63 bits per heavy atom. The summed E-state index contributed by atoms with van der Waals surface area (Å²) in [5.74, 6) is 0.268. The Balaban J connectivity index is 1.92. The number of carboxylic acids is 1. The summed E-state index contributed by atoms with van der Waals surface area (Å²) in [5, 5.41) is 15.6. The molecule has 0 bridgehead atoms. The van der Waals surface area contributed by atoms with Gasteiger partial charge in [-0.3, -0.25) is 9.59 Å². The molecule has 8 nitrogen and oxygen atoms in total. The molecule has 27 heavy (non-hydrogen) atoms. The van der Waals surface area contributed by atoms with Crippen molar-refractivity contribution in [2.45, 2.75) is 19.8 Å². The van der Waals surface area contributed by atoms with Crippen molar-refractivity contribution in [2.75, 3.05) is 18.4 Å². The lowest BCUT2D eigenvalue weighted by molar-refractivity contribution is -0.137. The van der Waals surface area contributed by atoms with E-state index in [4.69, 9.17) is 5.11 Å². The van der Waals surface area contributed by atoms with Crippen LogP contribution in [0.1, 0.15) is 19.0 Å². The summed E-state index contributed by atoms with van der Waals surface area (Å²) in [6, 6.07) is 11.5. The number of hydrogen-bond acceptors (Lipinski definition) is 5. The van der Waals surface area contributed by atoms with Gasteiger partial charge < -0.3 is 20.7 Å². The van der Waals surface area contributed by atoms with Gasteiger partial charge >= 0.3 is 5.97 Å². The lowest BCUT2D eigenvalue weighted by Gasteiger charge is -2.09. The van der Waals surface area contributed by atoms with Gasteiger partial charge in [-0.2, -0.15) is 0 Å². The third kappa shape index (κ3) is 4.81. The van der Waals surface area contributed by atoms with Crippen molar-refractivity contribution in [2.24, 2.45) is 0 Å². The summed E-state index contributed by atoms with van der Waals surface area (Å²) in [6.07, 6.45) is 0.425. The third-order valence-electron chi connectivity index (χ3n) is 3.97. The molecule has 0 aliphatic rings. The Labute approximate surface area is 156 Å². The number of benzene rings is 1. The van der Waals surface area contributed by atoms with Crippen LogP contribution in [0.15, 0.2) is 36.4 Å². The molecule has 4 N–H and O–H groups in total. The van der Waals surface area contributed by atoms with Gasteiger partial charge in [0.1, 0.15) is 11.5 Å². The SMILES string of the molecule is CC(=O)NCCNc1nc(-c2ccccc2)nc2[nH]c(CCC(=O)O)cc12. The van der Waals surface area contributed by atoms with Gasteiger partial charge in [0.2, 0.25) is 5.91 Å². The van der Waals surface area contributed by atoms with Crippen LogP contribution in [0.3, 0.4) is 0 Å². The van der Waals surface area contributed by atoms with Crippen LogP contribution in [-0.4, -0.2) is 45.0 Å². The number of nitrogens with zero attached hydrogens (tertiary/aromatic N) is 2. The van der Waals surface area contributed by atoms with Crippen LogP contribution < -0.4 is 10.6 Å². The van der Waals surface area contributed by atoms with E-state index in [2.05, 4.69) is 25.6 Å². The molecule has 8 heteroatoms. The highest BCUT2D eigenvalue weighted by atomic mass is 16.4. The molecule has 1 amide bonds. The maximum Gasteiger partial charge on any atom is 0.303 e. The Morgan fingerprint density at radius 1 is 1.15 bits per heavy atom. The highest BCUT2D eigenvalue weighted by Gasteiger charge is 2.13. The van der Waals surface area contributed by atoms with Gasteiger partial charge in [0.15, 0.2) is 5.82 Å². The van der Waals surface area contributed by atoms with E-state index in [0.29, 0.717) is 36.8 Å². The molecule has 0 unspecified atom stereocenters. The van der Waals surface area contributed by atoms with Crippen molar-refractivity contribution in [3.63, 3.8) is 0 Å². The largest absolute Gasteiger partial charge is 0.481 e. The summed E-state index contributed by atoms with van der Waals surface area (Å²) in [6.45, 7) is 2.45. The monoisotopic (exact) mass is 367 g/mol. The predicted octanol–water partition coefficient (Wildman–Crippen LogP) is 2.19. The Bertz CT molecular complexity index is 953. The van der Waals surface area contributed by atoms with Gasteiger partial charge in [0.25, 0.3) is 0 Å². The molecule has 2 aromatic heterocycles. The number of nitrogens with one attached hydrogen (secondary N) is 3. The fourth-order valence-corrected chi connectivity index (χ4v) is 2.71. The van der Waals surface area contributed by atoms with Crippen LogP contribution >= 0.6 is 0 Å². The molecule has 3 aromatic rings. The molecule has 0 spiro atoms. The fourth-order valence-electron chi connectivity index (χ4n) is 2.71. The van der Waals surface area contributed by atoms with Gasteiger partial charge in [-0.1, -0.05) is 30.3 Å². The van der Waals surface area contributed by atoms with E-state index in [1.807, 2.05) is 36.4 Å². The first-order valence-electron chi connectivity index (χ1n) is 8.68. The summed E-state index contributed by atoms with van der Waals surface area (Å²) >= 11 is 0. The standard InChI is InChI=1S/C19H21N5O3/c1-12(25)20-9-10-21-18-15-11-14(7-8-16(26)27)22-19(15)24-17(23-18)13-5-3-2-4-6-13/h2-6,11H,7-10H2,1H3,(H,20,25)(H,26,27)(H2,21,22,23,24). The average Bonchev–Trinajstić information content (AvgIpc) is 3.07. The minimum absolute atomic E-state index is 0.0388. The van der Waals surface area contributed by atoms with Crippen LogP contribution in [0, 0.1) is 0 Å². The smallest absolute Gasteiger partial charge is 0.303 e. The molecule has 3 rings (SSSR count). The van der Waals surface area contributed by atoms with E-state index >= 15 is 0 Å². The van der Waals surface area contributed by atoms with Crippen LogP contribution in [-0.2, 0) is 16.0 Å². The van der Waals surface area contributed by atoms with E-state index in [-0.39, 0.29) is 12.3 Å². The molecule has 0 atom stereocenters. The van der Waals surface area contributed by atoms with Crippen molar-refractivity contribution in [1.82, 2.24) is 20.3 Å². The molecule has 0 saturated carbocycles. The van der Waals surface area contributed by atoms with E-state index in [9.17, 15) is 9.59 Å². The first kappa shape index (κ1) is 18.4. The number of aryl methyl sites for hydroxylation is 1. The summed E-state index contributed by atoms with van der Waals surface area (Å²) in [7, 11) is 0. The Kier molecular flexibility index (Phi) is 5.65. The van der Waals surface area contributed by atoms with Gasteiger partial charge in [0, 0.05) is 31.3 Å². The second-order valence-electron chi connectivity index (χ2n) is 6.12. The van der Waals surface area contributed by atoms with E-state index in [1.54, 1.807) is 0 Å². The van der Waals surface area contributed by atoms with E-state index in [0.717, 1.165) is 16.6 Å². The fraction of sp³-hybridized carbons (Fsp3) is 0.263. The molecular weight excluding hydrogens is 346 g/mol. The highest BCUT2D eigenvalue weighted by molar-refractivity contribution is 5.89. The van der Waals surface area contributed by atoms with Gasteiger partial charge in [0.05, 0.1) is 11.8 Å². The molecule has 0 fully saturated rings. The second kappa shape index (κ2) is 8.31. The van der Waals surface area contributed by atoms with Crippen LogP contribution in [0.2, 0.25) is 0 Å². The minimum atomic E-state index is -0.849. The zero-order valence-corrected chi connectivity index (χ0v) is 15.0. The number of anilines is 1. The predicted molar refractivity (Wildman–Crippen MR) is 102 cm³/mol. The Morgan fingerprint density at radius 2 is 1.93 bits per heavy atom. The van der Waals surface area contributed by atoms with E-state index in [1.165, 1.54) is 6.92 Å². The first-order valence-corrected chi connectivity index (χ1v) is 8.68. The quantitative estimate of drug-likeness (QED) is 0.453. The highest BCUT2D eigenvalue weighted by Crippen LogP contribution is 2.26. The number of rotatable bonds is 8. The van der Waals surface area contributed by atoms with Crippen molar-refractivity contribution in [3.05, 3.63) is 42.1 Å². The molecule has 140 valence electrons. The normalized spacial score (nSPS) is 10.7. The van der Waals surface area contributed by atoms with Crippen LogP contribution in [0.25, 0.3) is 22.4 Å². The number of aromatic nitrogens is 3. The number of hydrogen-bond donors (Lipinski definition) is 4. The second-order valence-corrected chi connectivity index (χ2v) is 6.12. The molecule has 0 saturated heterocycles. The Hall–Kier alpha value is -3.42. The summed E-state index contributed by atoms with van der Waals surface area (Å²) in [4.78, 5) is 34.3. The number of aliphatic carboxylic acids is 1. The van der Waals surface area contributed by atoms with Crippen LogP contribution in [0.4, 0.5) is 5.82 Å². The summed E-state index contributed by atoms with van der Waals surface area (Å²) in [5.41, 5.74) is 2.31. The zero-order valence-electron chi connectivity index (χ0n) is 15.0. The molecule has 0 aliphatic carbocycles. The van der Waals surface area contributed by atoms with Crippen molar-refractivity contribution in [3.8, 4) is 11.4 Å². The van der Waals surface area contributed by atoms with Crippen molar-refractivity contribution >= 4 is 28.7 Å². The lowest BCUT2D eigenvalue weighted by atomic mass is 10.2. The number of carboxylic acid groups (broad SMARTS) is 1. The number of carbonyl (C=O) groups is 2. The molecular formula is C19H21N5O3. The maximum atomic E-state index is 11.0. The third-order valence-corrected chi connectivity index (χ3v) is 3.97. The molecule has 1 aromatic carbocycles. The van der Waals surface area contributed by atoms with Crippen molar-refractivity contribution in [1.29, 1.82) is 0 Å². The lowest BCUT2D eigenvalue weighted by Crippen LogP contribution is -2.26. The number of aromatic amines is 1. The topological polar surface area (TPSA) is 120 Å². The number of H-pyrrole nitrogens is 1. The molecule has 0 aliphatic heterocycles. The van der Waals surface area contributed by atoms with Gasteiger partial charge in [-0.05, 0) is 12.5 Å². The van der Waals surface area contributed by atoms with Gasteiger partial charge in [-0.25, -0.2) is 9.97 Å². The minimum Gasteiger partial charge on any atom is -0.481 e. The van der Waals surface area contributed by atoms with E-state index < -0.39 is 5.97 Å². The van der Waals surface area contributed by atoms with Crippen LogP contribution in [0.5, 0.6) is 0 Å². The summed E-state index contributed by atoms with van der Waals surface area (Å²) < 4.78 is 0. The first-order chi connectivity index (χ1) is 13.0. The molecule has 2 heterocycles. The molecule has 0 radical (unpaired) electrons.